The van der Waals surface area contributed by atoms with Gasteiger partial charge in [-0.3, -0.25) is 5.43 Å². The van der Waals surface area contributed by atoms with Gasteiger partial charge in [0.1, 0.15) is 6.73 Å². The van der Waals surface area contributed by atoms with E-state index in [9.17, 15) is 4.79 Å². The number of hydrazone groups is 1. The van der Waals surface area contributed by atoms with Gasteiger partial charge in [-0.1, -0.05) is 23.3 Å². The number of carbonyl (C=O) groups is 1. The van der Waals surface area contributed by atoms with Crippen LogP contribution in [0.15, 0.2) is 27.9 Å². The molecule has 0 saturated heterocycles. The Labute approximate surface area is 109 Å². The summed E-state index contributed by atoms with van der Waals surface area (Å²) in [6, 6.07) is 0. The zero-order valence-corrected chi connectivity index (χ0v) is 10.7. The number of methoxy groups -OCH3 is 1. The lowest BCUT2D eigenvalue weighted by molar-refractivity contribution is -0.161. The molecule has 0 spiro atoms. The minimum absolute atomic E-state index is 0.0828. The van der Waals surface area contributed by atoms with Crippen molar-refractivity contribution in [3.8, 4) is 0 Å². The molecule has 5 nitrogen and oxygen atoms in total. The van der Waals surface area contributed by atoms with Gasteiger partial charge >= 0.3 is 5.97 Å². The van der Waals surface area contributed by atoms with Crippen LogP contribution in [0.1, 0.15) is 12.8 Å². The van der Waals surface area contributed by atoms with Gasteiger partial charge in [0, 0.05) is 17.4 Å². The maximum absolute atomic E-state index is 12.1. The van der Waals surface area contributed by atoms with Crippen LogP contribution >= 0.6 is 11.6 Å². The van der Waals surface area contributed by atoms with Crippen LogP contribution in [0.4, 0.5) is 0 Å². The van der Waals surface area contributed by atoms with Crippen molar-refractivity contribution in [2.45, 2.75) is 18.4 Å². The maximum Gasteiger partial charge on any atom is 0.344 e. The molecule has 2 aliphatic carbocycles. The molecule has 2 unspecified atom stereocenters. The molecule has 1 aliphatic heterocycles. The lowest BCUT2D eigenvalue weighted by Crippen LogP contribution is -2.52. The highest BCUT2D eigenvalue weighted by atomic mass is 35.5. The summed E-state index contributed by atoms with van der Waals surface area (Å²) >= 11 is 6.01. The highest BCUT2D eigenvalue weighted by Crippen LogP contribution is 2.45. The van der Waals surface area contributed by atoms with E-state index in [0.717, 1.165) is 12.0 Å². The van der Waals surface area contributed by atoms with Gasteiger partial charge < -0.3 is 9.47 Å². The van der Waals surface area contributed by atoms with Gasteiger partial charge in [-0.05, 0) is 12.5 Å². The van der Waals surface area contributed by atoms with Crippen LogP contribution in [0, 0.1) is 5.92 Å². The number of halogens is 1. The van der Waals surface area contributed by atoms with Crippen molar-refractivity contribution in [2.24, 2.45) is 11.0 Å². The molecule has 0 aromatic carbocycles. The Morgan fingerprint density at radius 3 is 3.33 bits per heavy atom. The van der Waals surface area contributed by atoms with Gasteiger partial charge in [-0.15, -0.1) is 0 Å². The molecule has 3 aliphatic rings. The average Bonchev–Trinajstić information content (AvgIpc) is 2.72. The standard InChI is InChI=1S/C12H13ClN2O3/c1-17-11(16)12-5-7-4-8(13)2-3-9(7)10(12)15-14-6-18-12/h2,4,9,14H,3,5-6H2,1H3. The Balaban J connectivity index is 2.05. The minimum Gasteiger partial charge on any atom is -0.467 e. The van der Waals surface area contributed by atoms with E-state index in [4.69, 9.17) is 21.1 Å². The van der Waals surface area contributed by atoms with Gasteiger partial charge in [0.15, 0.2) is 0 Å². The monoisotopic (exact) mass is 268 g/mol. The predicted molar refractivity (Wildman–Crippen MR) is 66.0 cm³/mol. The third kappa shape index (κ3) is 1.51. The lowest BCUT2D eigenvalue weighted by atomic mass is 9.92. The van der Waals surface area contributed by atoms with Crippen LogP contribution < -0.4 is 5.43 Å². The molecule has 18 heavy (non-hydrogen) atoms. The van der Waals surface area contributed by atoms with Crippen LogP contribution in [0.3, 0.4) is 0 Å². The number of hydrogen-bond donors (Lipinski definition) is 1. The van der Waals surface area contributed by atoms with Crippen molar-refractivity contribution in [3.05, 3.63) is 22.8 Å². The maximum atomic E-state index is 12.1. The van der Waals surface area contributed by atoms with Crippen molar-refractivity contribution in [1.82, 2.24) is 5.43 Å². The molecule has 1 N–H and O–H groups in total. The van der Waals surface area contributed by atoms with Gasteiger partial charge in [-0.2, -0.15) is 5.10 Å². The molecule has 1 fully saturated rings. The fourth-order valence-corrected chi connectivity index (χ4v) is 3.04. The second-order valence-electron chi connectivity index (χ2n) is 4.54. The average molecular weight is 269 g/mol. The van der Waals surface area contributed by atoms with E-state index in [1.807, 2.05) is 12.2 Å². The normalized spacial score (nSPS) is 33.4. The molecule has 0 aromatic rings. The number of hydrogen-bond acceptors (Lipinski definition) is 5. The summed E-state index contributed by atoms with van der Waals surface area (Å²) in [5.74, 6) is -0.312. The van der Waals surface area contributed by atoms with Gasteiger partial charge in [0.25, 0.3) is 0 Å². The van der Waals surface area contributed by atoms with E-state index >= 15 is 0 Å². The SMILES string of the molecule is COC(=O)C12CC3=CC(Cl)=CCC3C1=NNCO2. The number of carbonyl (C=O) groups excluding carboxylic acids is 1. The molecule has 0 radical (unpaired) electrons. The number of allylic oxidation sites excluding steroid dienone is 3. The van der Waals surface area contributed by atoms with Crippen molar-refractivity contribution >= 4 is 23.3 Å². The van der Waals surface area contributed by atoms with Crippen molar-refractivity contribution in [3.63, 3.8) is 0 Å². The van der Waals surface area contributed by atoms with E-state index in [0.29, 0.717) is 17.2 Å². The molecule has 0 aromatic heterocycles. The Hall–Kier alpha value is -1.33. The zero-order valence-electron chi connectivity index (χ0n) is 9.90. The molecular weight excluding hydrogens is 256 g/mol. The predicted octanol–water partition coefficient (Wildman–Crippen LogP) is 1.30. The Morgan fingerprint density at radius 1 is 1.72 bits per heavy atom. The summed E-state index contributed by atoms with van der Waals surface area (Å²) in [5, 5.41) is 4.97. The fraction of sp³-hybridized carbons (Fsp3) is 0.500. The van der Waals surface area contributed by atoms with Crippen molar-refractivity contribution in [1.29, 1.82) is 0 Å². The van der Waals surface area contributed by atoms with Crippen molar-refractivity contribution in [2.75, 3.05) is 13.8 Å². The topological polar surface area (TPSA) is 59.9 Å². The first-order chi connectivity index (χ1) is 8.67. The summed E-state index contributed by atoms with van der Waals surface area (Å²) in [4.78, 5) is 12.1. The van der Waals surface area contributed by atoms with E-state index in [1.165, 1.54) is 7.11 Å². The number of ether oxygens (including phenoxy) is 2. The van der Waals surface area contributed by atoms with E-state index in [1.54, 1.807) is 0 Å². The molecule has 3 rings (SSSR count). The molecule has 2 atom stereocenters. The molecule has 1 heterocycles. The molecule has 0 amide bonds. The summed E-state index contributed by atoms with van der Waals surface area (Å²) in [6.07, 6.45) is 5.03. The molecule has 1 saturated carbocycles. The van der Waals surface area contributed by atoms with E-state index in [-0.39, 0.29) is 12.6 Å². The summed E-state index contributed by atoms with van der Waals surface area (Å²) in [6.45, 7) is 0.208. The minimum atomic E-state index is -1.06. The number of nitrogens with one attached hydrogen (secondary N) is 1. The van der Waals surface area contributed by atoms with Crippen LogP contribution in [0.5, 0.6) is 0 Å². The number of fused-ring (bicyclic) bond motifs is 3. The lowest BCUT2D eigenvalue weighted by Gasteiger charge is -2.30. The van der Waals surface area contributed by atoms with E-state index in [2.05, 4.69) is 10.5 Å². The number of nitrogens with zero attached hydrogens (tertiary/aromatic N) is 1. The zero-order chi connectivity index (χ0) is 12.8. The Bertz CT molecular complexity index is 498. The molecule has 96 valence electrons. The highest BCUT2D eigenvalue weighted by Gasteiger charge is 2.57. The van der Waals surface area contributed by atoms with Gasteiger partial charge in [-0.25, -0.2) is 4.79 Å². The fourth-order valence-electron chi connectivity index (χ4n) is 2.81. The highest BCUT2D eigenvalue weighted by molar-refractivity contribution is 6.31. The number of rotatable bonds is 1. The van der Waals surface area contributed by atoms with Gasteiger partial charge in [0.2, 0.25) is 5.60 Å². The quantitative estimate of drug-likeness (QED) is 0.729. The van der Waals surface area contributed by atoms with Crippen molar-refractivity contribution < 1.29 is 14.3 Å². The first kappa shape index (κ1) is 11.7. The number of esters is 1. The summed E-state index contributed by atoms with van der Waals surface area (Å²) in [7, 11) is 1.36. The Morgan fingerprint density at radius 2 is 2.56 bits per heavy atom. The molecular formula is C12H13ClN2O3. The summed E-state index contributed by atoms with van der Waals surface area (Å²) in [5.41, 5.74) is 3.50. The Kier molecular flexibility index (Phi) is 2.68. The second-order valence-corrected chi connectivity index (χ2v) is 4.97. The largest absolute Gasteiger partial charge is 0.467 e. The first-order valence-electron chi connectivity index (χ1n) is 5.77. The molecule has 6 heteroatoms. The third-order valence-electron chi connectivity index (χ3n) is 3.61. The van der Waals surface area contributed by atoms with Crippen LogP contribution in [0.25, 0.3) is 0 Å². The van der Waals surface area contributed by atoms with Crippen LogP contribution in [-0.2, 0) is 14.3 Å². The summed E-state index contributed by atoms with van der Waals surface area (Å²) < 4.78 is 10.5. The second kappa shape index (κ2) is 4.10. The molecule has 0 bridgehead atoms. The van der Waals surface area contributed by atoms with E-state index < -0.39 is 11.6 Å². The smallest absolute Gasteiger partial charge is 0.344 e. The van der Waals surface area contributed by atoms with Crippen LogP contribution in [0.2, 0.25) is 0 Å². The third-order valence-corrected chi connectivity index (χ3v) is 3.88. The van der Waals surface area contributed by atoms with Crippen LogP contribution in [-0.4, -0.2) is 31.1 Å². The van der Waals surface area contributed by atoms with Gasteiger partial charge in [0.05, 0.1) is 12.8 Å². The first-order valence-corrected chi connectivity index (χ1v) is 6.14.